The van der Waals surface area contributed by atoms with E-state index in [-0.39, 0.29) is 6.10 Å². The summed E-state index contributed by atoms with van der Waals surface area (Å²) in [7, 11) is 0. The highest BCUT2D eigenvalue weighted by molar-refractivity contribution is 4.94. The molecule has 2 unspecified atom stereocenters. The average Bonchev–Trinajstić information content (AvgIpc) is 2.72. The fraction of sp³-hybridized carbons (Fsp3) is 0.727. The monoisotopic (exact) mass is 194 g/mol. The van der Waals surface area contributed by atoms with Gasteiger partial charge in [-0.05, 0) is 38.2 Å². The Morgan fingerprint density at radius 2 is 2.43 bits per heavy atom. The number of hydrogen-bond donors (Lipinski definition) is 1. The zero-order valence-corrected chi connectivity index (χ0v) is 8.69. The van der Waals surface area contributed by atoms with E-state index in [4.69, 9.17) is 0 Å². The first kappa shape index (κ1) is 9.71. The van der Waals surface area contributed by atoms with Gasteiger partial charge >= 0.3 is 0 Å². The van der Waals surface area contributed by atoms with Gasteiger partial charge in [0.25, 0.3) is 0 Å². The molecule has 1 heterocycles. The van der Waals surface area contributed by atoms with Gasteiger partial charge in [0.15, 0.2) is 0 Å². The molecule has 1 N–H and O–H groups in total. The van der Waals surface area contributed by atoms with Crippen LogP contribution in [0.3, 0.4) is 0 Å². The zero-order valence-electron chi connectivity index (χ0n) is 8.69. The van der Waals surface area contributed by atoms with Crippen molar-refractivity contribution in [1.29, 1.82) is 0 Å². The second-order valence-electron chi connectivity index (χ2n) is 4.27. The van der Waals surface area contributed by atoms with Crippen molar-refractivity contribution in [2.75, 3.05) is 0 Å². The molecule has 2 atom stereocenters. The van der Waals surface area contributed by atoms with Gasteiger partial charge in [0.1, 0.15) is 0 Å². The Morgan fingerprint density at radius 1 is 1.57 bits per heavy atom. The lowest BCUT2D eigenvalue weighted by Crippen LogP contribution is -2.15. The fourth-order valence-corrected chi connectivity index (χ4v) is 2.24. The van der Waals surface area contributed by atoms with Crippen molar-refractivity contribution in [1.82, 2.24) is 9.78 Å². The molecule has 3 heteroatoms. The summed E-state index contributed by atoms with van der Waals surface area (Å²) in [4.78, 5) is 0. The lowest BCUT2D eigenvalue weighted by atomic mass is 10.0. The quantitative estimate of drug-likeness (QED) is 0.796. The number of rotatable bonds is 3. The minimum Gasteiger partial charge on any atom is -0.393 e. The number of aryl methyl sites for hydroxylation is 2. The van der Waals surface area contributed by atoms with Crippen LogP contribution in [0, 0.1) is 12.8 Å². The lowest BCUT2D eigenvalue weighted by Gasteiger charge is -2.13. The molecule has 0 aliphatic heterocycles. The molecule has 0 spiro atoms. The Hall–Kier alpha value is -0.830. The summed E-state index contributed by atoms with van der Waals surface area (Å²) in [6.45, 7) is 2.94. The number of aliphatic hydroxyl groups is 1. The largest absolute Gasteiger partial charge is 0.393 e. The molecule has 1 aliphatic rings. The molecule has 1 aliphatic carbocycles. The minimum absolute atomic E-state index is 0.0633. The summed E-state index contributed by atoms with van der Waals surface area (Å²) in [5.41, 5.74) is 1.07. The predicted octanol–water partition coefficient (Wildman–Crippen LogP) is 1.74. The van der Waals surface area contributed by atoms with Crippen LogP contribution in [-0.4, -0.2) is 21.0 Å². The first-order chi connectivity index (χ1) is 6.75. The smallest absolute Gasteiger partial charge is 0.0593 e. The third-order valence-electron chi connectivity index (χ3n) is 3.12. The first-order valence-electron chi connectivity index (χ1n) is 5.44. The van der Waals surface area contributed by atoms with Crippen molar-refractivity contribution >= 4 is 0 Å². The number of nitrogens with zero attached hydrogens (tertiary/aromatic N) is 2. The van der Waals surface area contributed by atoms with Gasteiger partial charge in [-0.3, -0.25) is 4.68 Å². The Labute approximate surface area is 84.7 Å². The van der Waals surface area contributed by atoms with E-state index in [2.05, 4.69) is 5.10 Å². The Bertz CT molecular complexity index is 295. The van der Waals surface area contributed by atoms with E-state index in [1.807, 2.05) is 23.9 Å². The molecule has 0 bridgehead atoms. The van der Waals surface area contributed by atoms with Crippen LogP contribution in [0.4, 0.5) is 0 Å². The zero-order chi connectivity index (χ0) is 9.97. The van der Waals surface area contributed by atoms with Gasteiger partial charge < -0.3 is 5.11 Å². The molecular formula is C11H18N2O. The van der Waals surface area contributed by atoms with Crippen molar-refractivity contribution in [3.63, 3.8) is 0 Å². The Balaban J connectivity index is 1.82. The highest BCUT2D eigenvalue weighted by Gasteiger charge is 2.24. The highest BCUT2D eigenvalue weighted by atomic mass is 16.3. The van der Waals surface area contributed by atoms with Crippen molar-refractivity contribution in [2.24, 2.45) is 5.92 Å². The van der Waals surface area contributed by atoms with Gasteiger partial charge in [-0.1, -0.05) is 6.42 Å². The van der Waals surface area contributed by atoms with Crippen LogP contribution >= 0.6 is 0 Å². The summed E-state index contributed by atoms with van der Waals surface area (Å²) in [5, 5.41) is 14.0. The standard InChI is InChI=1S/C11H18N2O/c1-9-5-7-13(12-9)8-6-10-3-2-4-11(10)14/h5,7,10-11,14H,2-4,6,8H2,1H3. The van der Waals surface area contributed by atoms with Gasteiger partial charge in [-0.15, -0.1) is 0 Å². The van der Waals surface area contributed by atoms with Crippen LogP contribution < -0.4 is 0 Å². The molecule has 2 rings (SSSR count). The van der Waals surface area contributed by atoms with E-state index in [1.165, 1.54) is 12.8 Å². The van der Waals surface area contributed by atoms with Crippen molar-refractivity contribution in [3.8, 4) is 0 Å². The maximum absolute atomic E-state index is 9.64. The second-order valence-corrected chi connectivity index (χ2v) is 4.27. The molecule has 1 fully saturated rings. The van der Waals surface area contributed by atoms with Gasteiger partial charge in [-0.25, -0.2) is 0 Å². The van der Waals surface area contributed by atoms with Crippen LogP contribution in [0.2, 0.25) is 0 Å². The van der Waals surface area contributed by atoms with Crippen LogP contribution in [0.5, 0.6) is 0 Å². The first-order valence-corrected chi connectivity index (χ1v) is 5.44. The van der Waals surface area contributed by atoms with E-state index in [0.717, 1.165) is 25.1 Å². The third kappa shape index (κ3) is 2.15. The Kier molecular flexibility index (Phi) is 2.87. The minimum atomic E-state index is -0.0633. The summed E-state index contributed by atoms with van der Waals surface area (Å²) >= 11 is 0. The molecule has 0 saturated heterocycles. The molecule has 1 aromatic rings. The average molecular weight is 194 g/mol. The Morgan fingerprint density at radius 3 is 3.00 bits per heavy atom. The molecule has 3 nitrogen and oxygen atoms in total. The molecule has 0 aromatic carbocycles. The number of aliphatic hydroxyl groups excluding tert-OH is 1. The second kappa shape index (κ2) is 4.13. The molecular weight excluding hydrogens is 176 g/mol. The summed E-state index contributed by atoms with van der Waals surface area (Å²) in [6, 6.07) is 2.02. The molecule has 0 amide bonds. The SMILES string of the molecule is Cc1ccn(CCC2CCCC2O)n1. The van der Waals surface area contributed by atoms with E-state index >= 15 is 0 Å². The van der Waals surface area contributed by atoms with Crippen LogP contribution in [0.1, 0.15) is 31.4 Å². The third-order valence-corrected chi connectivity index (χ3v) is 3.12. The highest BCUT2D eigenvalue weighted by Crippen LogP contribution is 2.28. The van der Waals surface area contributed by atoms with Crippen LogP contribution in [0.15, 0.2) is 12.3 Å². The normalized spacial score (nSPS) is 27.0. The molecule has 78 valence electrons. The van der Waals surface area contributed by atoms with Crippen molar-refractivity contribution < 1.29 is 5.11 Å². The summed E-state index contributed by atoms with van der Waals surface area (Å²) < 4.78 is 1.97. The lowest BCUT2D eigenvalue weighted by molar-refractivity contribution is 0.124. The van der Waals surface area contributed by atoms with Crippen molar-refractivity contribution in [2.45, 2.75) is 45.3 Å². The van der Waals surface area contributed by atoms with E-state index in [1.54, 1.807) is 0 Å². The summed E-state index contributed by atoms with van der Waals surface area (Å²) in [5.74, 6) is 0.500. The molecule has 14 heavy (non-hydrogen) atoms. The van der Waals surface area contributed by atoms with E-state index in [0.29, 0.717) is 5.92 Å². The van der Waals surface area contributed by atoms with Gasteiger partial charge in [0.05, 0.1) is 11.8 Å². The van der Waals surface area contributed by atoms with Crippen LogP contribution in [0.25, 0.3) is 0 Å². The number of hydrogen-bond acceptors (Lipinski definition) is 2. The van der Waals surface area contributed by atoms with Crippen LogP contribution in [-0.2, 0) is 6.54 Å². The molecule has 1 aromatic heterocycles. The fourth-order valence-electron chi connectivity index (χ4n) is 2.24. The maximum atomic E-state index is 9.64. The summed E-state index contributed by atoms with van der Waals surface area (Å²) in [6.07, 6.45) is 6.36. The predicted molar refractivity (Wildman–Crippen MR) is 54.9 cm³/mol. The van der Waals surface area contributed by atoms with Gasteiger partial charge in [0.2, 0.25) is 0 Å². The van der Waals surface area contributed by atoms with Gasteiger partial charge in [0, 0.05) is 12.7 Å². The van der Waals surface area contributed by atoms with Crippen molar-refractivity contribution in [3.05, 3.63) is 18.0 Å². The van der Waals surface area contributed by atoms with E-state index < -0.39 is 0 Å². The maximum Gasteiger partial charge on any atom is 0.0593 e. The van der Waals surface area contributed by atoms with E-state index in [9.17, 15) is 5.11 Å². The molecule has 1 saturated carbocycles. The number of aromatic nitrogens is 2. The molecule has 0 radical (unpaired) electrons. The topological polar surface area (TPSA) is 38.0 Å². The van der Waals surface area contributed by atoms with Gasteiger partial charge in [-0.2, -0.15) is 5.10 Å².